The van der Waals surface area contributed by atoms with Crippen molar-refractivity contribution < 1.29 is 14.3 Å². The number of piperidine rings is 1. The van der Waals surface area contributed by atoms with E-state index in [9.17, 15) is 9.59 Å². The standard InChI is InChI=1S/C20H31N3O3/c1-14(2)22-20(25)23-13-17(19(24)21-10-11-26-4)8-9-18(23)16-7-5-6-15(3)12-16/h5-7,12,14,17-18H,8-11,13H2,1-4H3,(H,21,24)(H,22,25)/t17-,18+/m0/s1. The number of methoxy groups -OCH3 is 1. The van der Waals surface area contributed by atoms with Crippen molar-refractivity contribution >= 4 is 11.9 Å². The number of nitrogens with zero attached hydrogens (tertiary/aromatic N) is 1. The van der Waals surface area contributed by atoms with Crippen LogP contribution in [0.5, 0.6) is 0 Å². The fourth-order valence-corrected chi connectivity index (χ4v) is 3.38. The second-order valence-corrected chi connectivity index (χ2v) is 7.24. The van der Waals surface area contributed by atoms with Crippen molar-refractivity contribution in [3.8, 4) is 0 Å². The lowest BCUT2D eigenvalue weighted by Crippen LogP contribution is -2.51. The summed E-state index contributed by atoms with van der Waals surface area (Å²) in [6.45, 7) is 7.34. The smallest absolute Gasteiger partial charge is 0.318 e. The topological polar surface area (TPSA) is 70.7 Å². The van der Waals surface area contributed by atoms with Crippen LogP contribution in [0.1, 0.15) is 43.9 Å². The summed E-state index contributed by atoms with van der Waals surface area (Å²) in [5.74, 6) is -0.196. The van der Waals surface area contributed by atoms with E-state index in [4.69, 9.17) is 4.74 Å². The third-order valence-electron chi connectivity index (χ3n) is 4.66. The van der Waals surface area contributed by atoms with Gasteiger partial charge in [-0.3, -0.25) is 4.79 Å². The van der Waals surface area contributed by atoms with Crippen LogP contribution in [0.3, 0.4) is 0 Å². The predicted octanol–water partition coefficient (Wildman–Crippen LogP) is 2.63. The number of urea groups is 1. The van der Waals surface area contributed by atoms with Crippen molar-refractivity contribution in [2.24, 2.45) is 5.92 Å². The first-order valence-corrected chi connectivity index (χ1v) is 9.32. The highest BCUT2D eigenvalue weighted by molar-refractivity contribution is 5.81. The molecule has 6 heteroatoms. The van der Waals surface area contributed by atoms with Gasteiger partial charge < -0.3 is 20.3 Å². The number of ether oxygens (including phenoxy) is 1. The second kappa shape index (κ2) is 9.57. The first-order chi connectivity index (χ1) is 12.4. The summed E-state index contributed by atoms with van der Waals surface area (Å²) < 4.78 is 4.98. The van der Waals surface area contributed by atoms with Crippen LogP contribution in [-0.4, -0.2) is 49.7 Å². The molecule has 1 fully saturated rings. The van der Waals surface area contributed by atoms with Crippen molar-refractivity contribution in [3.05, 3.63) is 35.4 Å². The average Bonchev–Trinajstić information content (AvgIpc) is 2.60. The molecule has 0 saturated carbocycles. The Balaban J connectivity index is 2.14. The number of hydrogen-bond acceptors (Lipinski definition) is 3. The lowest BCUT2D eigenvalue weighted by molar-refractivity contribution is -0.127. The Labute approximate surface area is 156 Å². The molecular formula is C20H31N3O3. The van der Waals surface area contributed by atoms with Gasteiger partial charge in [0.1, 0.15) is 0 Å². The van der Waals surface area contributed by atoms with E-state index in [1.807, 2.05) is 24.8 Å². The first-order valence-electron chi connectivity index (χ1n) is 9.32. The molecule has 0 aliphatic carbocycles. The van der Waals surface area contributed by atoms with E-state index in [-0.39, 0.29) is 29.9 Å². The van der Waals surface area contributed by atoms with Gasteiger partial charge in [-0.15, -0.1) is 0 Å². The third-order valence-corrected chi connectivity index (χ3v) is 4.66. The summed E-state index contributed by atoms with van der Waals surface area (Å²) in [7, 11) is 1.61. The van der Waals surface area contributed by atoms with Crippen molar-refractivity contribution in [1.82, 2.24) is 15.5 Å². The van der Waals surface area contributed by atoms with Crippen molar-refractivity contribution in [1.29, 1.82) is 0 Å². The average molecular weight is 361 g/mol. The molecular weight excluding hydrogens is 330 g/mol. The molecule has 144 valence electrons. The maximum Gasteiger partial charge on any atom is 0.318 e. The normalized spacial score (nSPS) is 20.1. The van der Waals surface area contributed by atoms with E-state index in [0.717, 1.165) is 18.4 Å². The molecule has 0 spiro atoms. The number of carbonyl (C=O) groups is 2. The molecule has 1 aromatic carbocycles. The van der Waals surface area contributed by atoms with Gasteiger partial charge in [0.25, 0.3) is 0 Å². The molecule has 1 heterocycles. The minimum absolute atomic E-state index is 0.00308. The molecule has 3 amide bonds. The van der Waals surface area contributed by atoms with E-state index in [0.29, 0.717) is 19.7 Å². The van der Waals surface area contributed by atoms with Crippen LogP contribution in [0.15, 0.2) is 24.3 Å². The Hall–Kier alpha value is -2.08. The monoisotopic (exact) mass is 361 g/mol. The van der Waals surface area contributed by atoms with Gasteiger partial charge in [0.15, 0.2) is 0 Å². The van der Waals surface area contributed by atoms with Crippen LogP contribution in [0.4, 0.5) is 4.79 Å². The molecule has 1 aliphatic rings. The van der Waals surface area contributed by atoms with Gasteiger partial charge in [-0.2, -0.15) is 0 Å². The molecule has 0 bridgehead atoms. The van der Waals surface area contributed by atoms with E-state index in [1.165, 1.54) is 5.56 Å². The highest BCUT2D eigenvalue weighted by atomic mass is 16.5. The molecule has 2 rings (SSSR count). The summed E-state index contributed by atoms with van der Waals surface area (Å²) >= 11 is 0. The van der Waals surface area contributed by atoms with Gasteiger partial charge in [0, 0.05) is 26.2 Å². The molecule has 1 saturated heterocycles. The van der Waals surface area contributed by atoms with E-state index in [2.05, 4.69) is 35.8 Å². The summed E-state index contributed by atoms with van der Waals surface area (Å²) in [6, 6.07) is 8.20. The van der Waals surface area contributed by atoms with E-state index >= 15 is 0 Å². The maximum atomic E-state index is 12.8. The van der Waals surface area contributed by atoms with E-state index < -0.39 is 0 Å². The number of nitrogens with one attached hydrogen (secondary N) is 2. The molecule has 1 aromatic rings. The molecule has 6 nitrogen and oxygen atoms in total. The van der Waals surface area contributed by atoms with Crippen LogP contribution < -0.4 is 10.6 Å². The molecule has 26 heavy (non-hydrogen) atoms. The summed E-state index contributed by atoms with van der Waals surface area (Å²) in [5.41, 5.74) is 2.30. The maximum absolute atomic E-state index is 12.8. The predicted molar refractivity (Wildman–Crippen MR) is 102 cm³/mol. The van der Waals surface area contributed by atoms with Crippen molar-refractivity contribution in [2.75, 3.05) is 26.8 Å². The number of hydrogen-bond donors (Lipinski definition) is 2. The number of likely N-dealkylation sites (tertiary alicyclic amines) is 1. The molecule has 1 aliphatic heterocycles. The van der Waals surface area contributed by atoms with Crippen LogP contribution >= 0.6 is 0 Å². The SMILES string of the molecule is COCCNC(=O)[C@H]1CC[C@H](c2cccc(C)c2)N(C(=O)NC(C)C)C1. The minimum Gasteiger partial charge on any atom is -0.383 e. The zero-order chi connectivity index (χ0) is 19.1. The van der Waals surface area contributed by atoms with Crippen LogP contribution in [-0.2, 0) is 9.53 Å². The lowest BCUT2D eigenvalue weighted by atomic mass is 9.88. The van der Waals surface area contributed by atoms with Gasteiger partial charge in [0.05, 0.1) is 18.6 Å². The lowest BCUT2D eigenvalue weighted by Gasteiger charge is -2.40. The van der Waals surface area contributed by atoms with Gasteiger partial charge >= 0.3 is 6.03 Å². The molecule has 2 N–H and O–H groups in total. The highest BCUT2D eigenvalue weighted by Gasteiger charge is 2.35. The van der Waals surface area contributed by atoms with Gasteiger partial charge in [-0.25, -0.2) is 4.79 Å². The van der Waals surface area contributed by atoms with Gasteiger partial charge in [0.2, 0.25) is 5.91 Å². The van der Waals surface area contributed by atoms with E-state index in [1.54, 1.807) is 7.11 Å². The Morgan fingerprint density at radius 1 is 1.31 bits per heavy atom. The largest absolute Gasteiger partial charge is 0.383 e. The summed E-state index contributed by atoms with van der Waals surface area (Å²) in [5, 5.41) is 5.87. The quantitative estimate of drug-likeness (QED) is 0.765. The molecule has 0 radical (unpaired) electrons. The molecule has 2 atom stereocenters. The van der Waals surface area contributed by atoms with Crippen molar-refractivity contribution in [3.63, 3.8) is 0 Å². The molecule has 0 aromatic heterocycles. The number of benzene rings is 1. The Morgan fingerprint density at radius 3 is 2.73 bits per heavy atom. The number of amides is 3. The zero-order valence-electron chi connectivity index (χ0n) is 16.2. The van der Waals surface area contributed by atoms with Gasteiger partial charge in [-0.05, 0) is 39.2 Å². The van der Waals surface area contributed by atoms with Crippen LogP contribution in [0.25, 0.3) is 0 Å². The van der Waals surface area contributed by atoms with Gasteiger partial charge in [-0.1, -0.05) is 29.8 Å². The Kier molecular flexibility index (Phi) is 7.45. The fourth-order valence-electron chi connectivity index (χ4n) is 3.38. The summed E-state index contributed by atoms with van der Waals surface area (Å²) in [4.78, 5) is 27.0. The molecule has 0 unspecified atom stereocenters. The highest BCUT2D eigenvalue weighted by Crippen LogP contribution is 2.34. The van der Waals surface area contributed by atoms with Crippen molar-refractivity contribution in [2.45, 2.75) is 45.7 Å². The fraction of sp³-hybridized carbons (Fsp3) is 0.600. The third kappa shape index (κ3) is 5.46. The zero-order valence-corrected chi connectivity index (χ0v) is 16.2. The van der Waals surface area contributed by atoms with Crippen LogP contribution in [0.2, 0.25) is 0 Å². The number of carbonyl (C=O) groups excluding carboxylic acids is 2. The number of aryl methyl sites for hydroxylation is 1. The second-order valence-electron chi connectivity index (χ2n) is 7.24. The Morgan fingerprint density at radius 2 is 2.08 bits per heavy atom. The van der Waals surface area contributed by atoms with Crippen LogP contribution in [0, 0.1) is 12.8 Å². The summed E-state index contributed by atoms with van der Waals surface area (Å²) in [6.07, 6.45) is 1.54. The number of rotatable bonds is 6. The Bertz CT molecular complexity index is 618. The first kappa shape index (κ1) is 20.2. The minimum atomic E-state index is -0.189.